The van der Waals surface area contributed by atoms with Gasteiger partial charge >= 0.3 is 6.09 Å². The second-order valence-electron chi connectivity index (χ2n) is 10.6. The van der Waals surface area contributed by atoms with E-state index >= 15 is 0 Å². The maximum atomic E-state index is 12.3. The summed E-state index contributed by atoms with van der Waals surface area (Å²) in [6.45, 7) is 5.51. The van der Waals surface area contributed by atoms with E-state index in [1.54, 1.807) is 18.2 Å². The van der Waals surface area contributed by atoms with Gasteiger partial charge in [-0.25, -0.2) is 4.79 Å². The molecule has 1 aromatic carbocycles. The second-order valence-corrected chi connectivity index (χ2v) is 10.6. The van der Waals surface area contributed by atoms with Crippen LogP contribution in [-0.4, -0.2) is 24.6 Å². The molecule has 0 aromatic heterocycles. The predicted molar refractivity (Wildman–Crippen MR) is 119 cm³/mol. The normalized spacial score (nSPS) is 40.8. The Morgan fingerprint density at radius 1 is 1.10 bits per heavy atom. The molecular formula is C26H34N2O3. The van der Waals surface area contributed by atoms with Gasteiger partial charge in [0.2, 0.25) is 5.91 Å². The molecule has 1 aromatic rings. The number of carbonyl (C=O) groups is 2. The Balaban J connectivity index is 1.25. The fraction of sp³-hybridized carbons (Fsp3) is 0.615. The topological polar surface area (TPSA) is 67.4 Å². The van der Waals surface area contributed by atoms with E-state index in [2.05, 4.69) is 30.6 Å². The zero-order chi connectivity index (χ0) is 21.6. The van der Waals surface area contributed by atoms with E-state index in [1.165, 1.54) is 32.1 Å². The number of carbonyl (C=O) groups excluding carboxylic acids is 2. The highest BCUT2D eigenvalue weighted by Gasteiger charge is 2.59. The molecule has 1 aliphatic heterocycles. The molecule has 4 aliphatic rings. The van der Waals surface area contributed by atoms with Crippen LogP contribution in [0, 0.1) is 34.5 Å². The van der Waals surface area contributed by atoms with Crippen molar-refractivity contribution >= 4 is 12.0 Å². The third-order valence-electron chi connectivity index (χ3n) is 9.33. The smallest absolute Gasteiger partial charge is 0.410 e. The summed E-state index contributed by atoms with van der Waals surface area (Å²) >= 11 is 0. The minimum atomic E-state index is -0.358. The van der Waals surface area contributed by atoms with Crippen LogP contribution < -0.4 is 15.4 Å². The number of rotatable bonds is 3. The molecule has 5 heteroatoms. The van der Waals surface area contributed by atoms with Crippen molar-refractivity contribution in [1.82, 2.24) is 10.6 Å². The van der Waals surface area contributed by atoms with Crippen molar-refractivity contribution in [3.63, 3.8) is 0 Å². The van der Waals surface area contributed by atoms with Crippen molar-refractivity contribution in [2.75, 3.05) is 6.54 Å². The maximum Gasteiger partial charge on any atom is 0.412 e. The molecule has 3 aliphatic carbocycles. The highest BCUT2D eigenvalue weighted by molar-refractivity contribution is 5.89. The predicted octanol–water partition coefficient (Wildman–Crippen LogP) is 4.69. The Bertz CT molecular complexity index is 884. The number of ether oxygens (including phenoxy) is 1. The lowest BCUT2D eigenvalue weighted by Crippen LogP contribution is -2.59. The summed E-state index contributed by atoms with van der Waals surface area (Å²) in [5, 5.41) is 6.28. The van der Waals surface area contributed by atoms with Crippen molar-refractivity contribution in [2.45, 2.75) is 58.4 Å². The lowest BCUT2D eigenvalue weighted by Gasteiger charge is -2.59. The van der Waals surface area contributed by atoms with Crippen LogP contribution in [0.2, 0.25) is 0 Å². The Kier molecular flexibility index (Phi) is 5.10. The first-order valence-corrected chi connectivity index (χ1v) is 11.9. The minimum Gasteiger partial charge on any atom is -0.410 e. The van der Waals surface area contributed by atoms with Crippen LogP contribution in [0.4, 0.5) is 4.79 Å². The lowest BCUT2D eigenvalue weighted by molar-refractivity contribution is -0.122. The number of hydrogen-bond donors (Lipinski definition) is 2. The van der Waals surface area contributed by atoms with Crippen molar-refractivity contribution in [3.8, 4) is 5.75 Å². The van der Waals surface area contributed by atoms with E-state index in [4.69, 9.17) is 4.74 Å². The van der Waals surface area contributed by atoms with Gasteiger partial charge in [0.05, 0.1) is 0 Å². The van der Waals surface area contributed by atoms with Crippen LogP contribution in [0.5, 0.6) is 5.75 Å². The van der Waals surface area contributed by atoms with Gasteiger partial charge in [-0.15, -0.1) is 0 Å². The van der Waals surface area contributed by atoms with Gasteiger partial charge in [0.15, 0.2) is 0 Å². The zero-order valence-corrected chi connectivity index (χ0v) is 18.6. The quantitative estimate of drug-likeness (QED) is 0.743. The average molecular weight is 423 g/mol. The van der Waals surface area contributed by atoms with Gasteiger partial charge < -0.3 is 15.4 Å². The number of nitrogens with one attached hydrogen (secondary N) is 2. The van der Waals surface area contributed by atoms with Crippen molar-refractivity contribution < 1.29 is 14.3 Å². The maximum absolute atomic E-state index is 12.3. The first-order chi connectivity index (χ1) is 14.9. The summed E-state index contributed by atoms with van der Waals surface area (Å²) in [7, 11) is 0. The van der Waals surface area contributed by atoms with Crippen molar-refractivity contribution in [3.05, 3.63) is 42.5 Å². The first-order valence-electron chi connectivity index (χ1n) is 11.9. The molecule has 3 saturated carbocycles. The van der Waals surface area contributed by atoms with Crippen LogP contribution in [0.15, 0.2) is 42.5 Å². The fourth-order valence-electron chi connectivity index (χ4n) is 7.62. The van der Waals surface area contributed by atoms with Crippen LogP contribution in [-0.2, 0) is 4.79 Å². The summed E-state index contributed by atoms with van der Waals surface area (Å²) in [6.07, 6.45) is 10.7. The summed E-state index contributed by atoms with van der Waals surface area (Å²) in [5.74, 6) is 3.18. The highest BCUT2D eigenvalue weighted by Crippen LogP contribution is 2.64. The molecule has 7 atom stereocenters. The van der Waals surface area contributed by atoms with Gasteiger partial charge in [-0.1, -0.05) is 38.1 Å². The van der Waals surface area contributed by atoms with E-state index < -0.39 is 0 Å². The first kappa shape index (κ1) is 20.6. The minimum absolute atomic E-state index is 0.0657. The molecule has 0 saturated heterocycles. The van der Waals surface area contributed by atoms with Crippen LogP contribution in [0.1, 0.15) is 52.4 Å². The van der Waals surface area contributed by atoms with E-state index in [0.717, 1.165) is 6.42 Å². The van der Waals surface area contributed by atoms with Crippen molar-refractivity contribution in [1.29, 1.82) is 0 Å². The molecule has 0 bridgehead atoms. The van der Waals surface area contributed by atoms with E-state index in [1.807, 2.05) is 18.2 Å². The molecule has 3 fully saturated rings. The van der Waals surface area contributed by atoms with Gasteiger partial charge in [-0.05, 0) is 85.8 Å². The van der Waals surface area contributed by atoms with Gasteiger partial charge in [-0.2, -0.15) is 0 Å². The monoisotopic (exact) mass is 422 g/mol. The Labute approximate surface area is 185 Å². The molecule has 5 rings (SSSR count). The van der Waals surface area contributed by atoms with Gasteiger partial charge in [0.1, 0.15) is 5.75 Å². The lowest BCUT2D eigenvalue weighted by atomic mass is 9.48. The fourth-order valence-corrected chi connectivity index (χ4v) is 7.62. The second kappa shape index (κ2) is 7.68. The van der Waals surface area contributed by atoms with E-state index in [0.29, 0.717) is 36.0 Å². The largest absolute Gasteiger partial charge is 0.412 e. The van der Waals surface area contributed by atoms with Crippen LogP contribution in [0.3, 0.4) is 0 Å². The molecule has 2 amide bonds. The van der Waals surface area contributed by atoms with Crippen molar-refractivity contribution in [2.24, 2.45) is 34.5 Å². The molecule has 31 heavy (non-hydrogen) atoms. The Hall–Kier alpha value is -2.30. The Morgan fingerprint density at radius 3 is 2.71 bits per heavy atom. The summed E-state index contributed by atoms with van der Waals surface area (Å²) in [5.41, 5.74) is 0.347. The van der Waals surface area contributed by atoms with Crippen LogP contribution in [0.25, 0.3) is 0 Å². The number of hydrogen-bond acceptors (Lipinski definition) is 3. The van der Waals surface area contributed by atoms with E-state index in [9.17, 15) is 9.59 Å². The molecule has 4 unspecified atom stereocenters. The molecule has 5 nitrogen and oxygen atoms in total. The SMILES string of the molecule is C[C@]12C=CC(=O)NC1CCC1C2CC[C@@]2(C)C1CC[C@@H]2CNC(=O)Oc1ccccc1. The van der Waals surface area contributed by atoms with E-state index in [-0.39, 0.29) is 28.9 Å². The summed E-state index contributed by atoms with van der Waals surface area (Å²) in [4.78, 5) is 24.2. The molecule has 0 spiro atoms. The number of benzene rings is 1. The van der Waals surface area contributed by atoms with Gasteiger partial charge in [0, 0.05) is 18.0 Å². The number of amides is 2. The third-order valence-corrected chi connectivity index (χ3v) is 9.33. The summed E-state index contributed by atoms with van der Waals surface area (Å²) in [6, 6.07) is 9.52. The van der Waals surface area contributed by atoms with Gasteiger partial charge in [-0.3, -0.25) is 4.79 Å². The third kappa shape index (κ3) is 3.46. The van der Waals surface area contributed by atoms with Gasteiger partial charge in [0.25, 0.3) is 0 Å². The summed E-state index contributed by atoms with van der Waals surface area (Å²) < 4.78 is 5.42. The molecule has 2 N–H and O–H groups in total. The number of para-hydroxylation sites is 1. The number of fused-ring (bicyclic) bond motifs is 5. The zero-order valence-electron chi connectivity index (χ0n) is 18.6. The average Bonchev–Trinajstić information content (AvgIpc) is 3.10. The standard InChI is InChI=1S/C26H34N2O3/c1-25-14-12-21-19(9-11-22-26(21,2)15-13-23(29)28-22)20(25)10-8-17(25)16-27-24(30)31-18-6-4-3-5-7-18/h3-7,13,15,17,19-22H,8-12,14,16H2,1-2H3,(H,27,30)(H,28,29)/t17-,19?,20?,21?,22?,25-,26-/m1/s1. The van der Waals surface area contributed by atoms with Crippen LogP contribution >= 0.6 is 0 Å². The molecule has 166 valence electrons. The molecule has 0 radical (unpaired) electrons. The Morgan fingerprint density at radius 2 is 1.90 bits per heavy atom. The molecular weight excluding hydrogens is 388 g/mol. The molecule has 1 heterocycles. The highest BCUT2D eigenvalue weighted by atomic mass is 16.6.